The molecule has 0 bridgehead atoms. The number of carbonyl (C=O) groups is 2. The van der Waals surface area contributed by atoms with Gasteiger partial charge in [0.15, 0.2) is 10.9 Å². The van der Waals surface area contributed by atoms with Crippen molar-refractivity contribution in [1.29, 1.82) is 0 Å². The van der Waals surface area contributed by atoms with E-state index in [0.717, 1.165) is 10.6 Å². The molecule has 0 saturated carbocycles. The standard InChI is InChI=1S/C20H15FN2O3S2/c1-10-11(2)28-20(22-10)23-16(12-6-3-4-7-13(12)21)15(18(25)19(23)26)17(24)14-8-5-9-27-14/h3-9,16,25H,1-2H3. The summed E-state index contributed by atoms with van der Waals surface area (Å²) in [6.45, 7) is 3.67. The van der Waals surface area contributed by atoms with Crippen molar-refractivity contribution < 1.29 is 19.1 Å². The number of rotatable bonds is 4. The van der Waals surface area contributed by atoms with Gasteiger partial charge in [0.25, 0.3) is 5.91 Å². The number of nitrogens with zero attached hydrogens (tertiary/aromatic N) is 2. The second kappa shape index (κ2) is 6.96. The number of hydrogen-bond donors (Lipinski definition) is 1. The number of aromatic nitrogens is 1. The minimum absolute atomic E-state index is 0.130. The third-order valence-corrected chi connectivity index (χ3v) is 6.56. The highest BCUT2D eigenvalue weighted by molar-refractivity contribution is 7.16. The van der Waals surface area contributed by atoms with Crippen molar-refractivity contribution in [3.8, 4) is 0 Å². The molecule has 3 heterocycles. The number of carbonyl (C=O) groups excluding carboxylic acids is 2. The van der Waals surface area contributed by atoms with Crippen LogP contribution in [0.4, 0.5) is 9.52 Å². The van der Waals surface area contributed by atoms with E-state index in [1.807, 2.05) is 6.92 Å². The largest absolute Gasteiger partial charge is 0.503 e. The Balaban J connectivity index is 1.92. The molecule has 1 N–H and O–H groups in total. The zero-order chi connectivity index (χ0) is 20.0. The molecule has 5 nitrogen and oxygen atoms in total. The van der Waals surface area contributed by atoms with Gasteiger partial charge in [-0.3, -0.25) is 14.5 Å². The third-order valence-electron chi connectivity index (χ3n) is 4.62. The van der Waals surface area contributed by atoms with Crippen LogP contribution in [0.15, 0.2) is 53.1 Å². The highest BCUT2D eigenvalue weighted by Crippen LogP contribution is 2.44. The Labute approximate surface area is 168 Å². The van der Waals surface area contributed by atoms with Crippen molar-refractivity contribution in [2.75, 3.05) is 4.90 Å². The zero-order valence-corrected chi connectivity index (χ0v) is 16.6. The highest BCUT2D eigenvalue weighted by Gasteiger charge is 2.46. The second-order valence-electron chi connectivity index (χ2n) is 6.31. The Morgan fingerprint density at radius 1 is 1.21 bits per heavy atom. The van der Waals surface area contributed by atoms with Gasteiger partial charge in [0.1, 0.15) is 11.9 Å². The lowest BCUT2D eigenvalue weighted by molar-refractivity contribution is -0.117. The summed E-state index contributed by atoms with van der Waals surface area (Å²) in [7, 11) is 0. The predicted molar refractivity (Wildman–Crippen MR) is 107 cm³/mol. The maximum Gasteiger partial charge on any atom is 0.296 e. The fourth-order valence-corrected chi connectivity index (χ4v) is 4.74. The number of amides is 1. The SMILES string of the molecule is Cc1nc(N2C(=O)C(O)=C(C(=O)c3cccs3)C2c2ccccc2F)sc1C. The summed E-state index contributed by atoms with van der Waals surface area (Å²) < 4.78 is 14.7. The molecule has 0 spiro atoms. The Morgan fingerprint density at radius 2 is 1.96 bits per heavy atom. The second-order valence-corrected chi connectivity index (χ2v) is 8.44. The highest BCUT2D eigenvalue weighted by atomic mass is 32.1. The smallest absolute Gasteiger partial charge is 0.296 e. The molecule has 28 heavy (non-hydrogen) atoms. The normalized spacial score (nSPS) is 16.9. The van der Waals surface area contributed by atoms with Crippen LogP contribution in [0.3, 0.4) is 0 Å². The summed E-state index contributed by atoms with van der Waals surface area (Å²) in [6.07, 6.45) is 0. The van der Waals surface area contributed by atoms with Crippen LogP contribution in [0.25, 0.3) is 0 Å². The summed E-state index contributed by atoms with van der Waals surface area (Å²) in [6, 6.07) is 8.15. The van der Waals surface area contributed by atoms with Crippen LogP contribution < -0.4 is 4.90 Å². The quantitative estimate of drug-likeness (QED) is 0.626. The van der Waals surface area contributed by atoms with E-state index < -0.39 is 29.3 Å². The molecule has 2 aromatic heterocycles. The summed E-state index contributed by atoms with van der Waals surface area (Å²) in [4.78, 5) is 32.9. The first-order chi connectivity index (χ1) is 13.4. The lowest BCUT2D eigenvalue weighted by atomic mass is 9.95. The monoisotopic (exact) mass is 414 g/mol. The number of halogens is 1. The Hall–Kier alpha value is -2.84. The van der Waals surface area contributed by atoms with Crippen molar-refractivity contribution in [2.24, 2.45) is 0 Å². The lowest BCUT2D eigenvalue weighted by Crippen LogP contribution is -2.31. The fourth-order valence-electron chi connectivity index (χ4n) is 3.12. The lowest BCUT2D eigenvalue weighted by Gasteiger charge is -2.24. The van der Waals surface area contributed by atoms with Crippen LogP contribution in [-0.4, -0.2) is 21.8 Å². The molecular weight excluding hydrogens is 399 g/mol. The van der Waals surface area contributed by atoms with Gasteiger partial charge in [-0.15, -0.1) is 22.7 Å². The van der Waals surface area contributed by atoms with Crippen LogP contribution >= 0.6 is 22.7 Å². The number of aliphatic hydroxyl groups excluding tert-OH is 1. The van der Waals surface area contributed by atoms with E-state index >= 15 is 0 Å². The molecule has 1 amide bonds. The van der Waals surface area contributed by atoms with Gasteiger partial charge in [0.05, 0.1) is 16.1 Å². The Kier molecular flexibility index (Phi) is 4.60. The molecule has 142 valence electrons. The molecule has 0 fully saturated rings. The molecule has 4 rings (SSSR count). The predicted octanol–water partition coefficient (Wildman–Crippen LogP) is 4.74. The zero-order valence-electron chi connectivity index (χ0n) is 15.0. The summed E-state index contributed by atoms with van der Waals surface area (Å²) in [5.41, 5.74) is 0.728. The van der Waals surface area contributed by atoms with Crippen LogP contribution in [0.1, 0.15) is 31.8 Å². The van der Waals surface area contributed by atoms with Gasteiger partial charge in [0.2, 0.25) is 5.78 Å². The van der Waals surface area contributed by atoms with Gasteiger partial charge >= 0.3 is 0 Å². The first-order valence-corrected chi connectivity index (χ1v) is 10.1. The molecule has 1 aliphatic heterocycles. The van der Waals surface area contributed by atoms with E-state index in [1.165, 1.54) is 45.8 Å². The molecule has 8 heteroatoms. The van der Waals surface area contributed by atoms with Gasteiger partial charge in [-0.05, 0) is 31.4 Å². The minimum Gasteiger partial charge on any atom is -0.503 e. The van der Waals surface area contributed by atoms with E-state index in [9.17, 15) is 19.1 Å². The summed E-state index contributed by atoms with van der Waals surface area (Å²) in [5.74, 6) is -2.50. The van der Waals surface area contributed by atoms with Gasteiger partial charge < -0.3 is 5.11 Å². The number of anilines is 1. The topological polar surface area (TPSA) is 70.5 Å². The van der Waals surface area contributed by atoms with Crippen molar-refractivity contribution in [3.63, 3.8) is 0 Å². The van der Waals surface area contributed by atoms with Crippen LogP contribution in [-0.2, 0) is 4.79 Å². The van der Waals surface area contributed by atoms with E-state index in [1.54, 1.807) is 30.5 Å². The van der Waals surface area contributed by atoms with Crippen molar-refractivity contribution in [2.45, 2.75) is 19.9 Å². The Bertz CT molecular complexity index is 1100. The molecule has 0 radical (unpaired) electrons. The average molecular weight is 414 g/mol. The van der Waals surface area contributed by atoms with Crippen LogP contribution in [0.5, 0.6) is 0 Å². The number of hydrogen-bond acceptors (Lipinski definition) is 6. The molecule has 1 aliphatic rings. The summed E-state index contributed by atoms with van der Waals surface area (Å²) in [5, 5.41) is 12.6. The Morgan fingerprint density at radius 3 is 2.57 bits per heavy atom. The molecule has 3 aromatic rings. The van der Waals surface area contributed by atoms with Gasteiger partial charge in [-0.2, -0.15) is 0 Å². The number of thiazole rings is 1. The number of ketones is 1. The molecule has 1 aromatic carbocycles. The van der Waals surface area contributed by atoms with Gasteiger partial charge in [-0.25, -0.2) is 9.37 Å². The number of benzene rings is 1. The number of aryl methyl sites for hydroxylation is 2. The first-order valence-electron chi connectivity index (χ1n) is 8.43. The third kappa shape index (κ3) is 2.85. The van der Waals surface area contributed by atoms with Gasteiger partial charge in [-0.1, -0.05) is 24.3 Å². The number of aliphatic hydroxyl groups is 1. The van der Waals surface area contributed by atoms with Crippen LogP contribution in [0, 0.1) is 19.7 Å². The first kappa shape index (κ1) is 18.5. The number of Topliss-reactive ketones (excluding diaryl/α,β-unsaturated/α-hetero) is 1. The van der Waals surface area contributed by atoms with Gasteiger partial charge in [0, 0.05) is 10.4 Å². The maximum absolute atomic E-state index is 14.7. The van der Waals surface area contributed by atoms with E-state index in [2.05, 4.69) is 4.98 Å². The molecule has 1 atom stereocenters. The summed E-state index contributed by atoms with van der Waals surface area (Å²) >= 11 is 2.45. The van der Waals surface area contributed by atoms with E-state index in [4.69, 9.17) is 0 Å². The van der Waals surface area contributed by atoms with Crippen LogP contribution in [0.2, 0.25) is 0 Å². The fraction of sp³-hybridized carbons (Fsp3) is 0.150. The van der Waals surface area contributed by atoms with E-state index in [0.29, 0.717) is 10.0 Å². The molecule has 1 unspecified atom stereocenters. The van der Waals surface area contributed by atoms with Crippen molar-refractivity contribution in [3.05, 3.63) is 79.9 Å². The van der Waals surface area contributed by atoms with Crippen molar-refractivity contribution in [1.82, 2.24) is 4.98 Å². The average Bonchev–Trinajstić information content (AvgIpc) is 3.36. The molecule has 0 saturated heterocycles. The number of thiophene rings is 1. The minimum atomic E-state index is -1.09. The van der Waals surface area contributed by atoms with E-state index in [-0.39, 0.29) is 11.1 Å². The van der Waals surface area contributed by atoms with Crippen molar-refractivity contribution >= 4 is 39.5 Å². The molecule has 0 aliphatic carbocycles. The maximum atomic E-state index is 14.7. The molecular formula is C20H15FN2O3S2.